The highest BCUT2D eigenvalue weighted by Gasteiger charge is 2.09. The lowest BCUT2D eigenvalue weighted by Crippen LogP contribution is -2.10. The minimum Gasteiger partial charge on any atom is -0.497 e. The maximum atomic E-state index is 11.8. The van der Waals surface area contributed by atoms with Gasteiger partial charge in [0.1, 0.15) is 11.5 Å². The molecule has 0 aromatic heterocycles. The van der Waals surface area contributed by atoms with Gasteiger partial charge >= 0.3 is 5.97 Å². The topological polar surface area (TPSA) is 35.5 Å². The van der Waals surface area contributed by atoms with Crippen LogP contribution in [0.3, 0.4) is 0 Å². The summed E-state index contributed by atoms with van der Waals surface area (Å²) >= 11 is 13.1. The number of benzene rings is 2. The Hall–Kier alpha value is -1.36. The molecule has 0 saturated carbocycles. The van der Waals surface area contributed by atoms with E-state index in [1.54, 1.807) is 19.2 Å². The number of hydrogen-bond acceptors (Lipinski definition) is 4. The molecular weight excluding hydrogens is 331 g/mol. The van der Waals surface area contributed by atoms with Gasteiger partial charge in [-0.05, 0) is 42.5 Å². The molecule has 2 rings (SSSR count). The SMILES string of the molecule is COc1ccc(SCC(=O)Oc2ccc(Cl)cc2Cl)cc1. The summed E-state index contributed by atoms with van der Waals surface area (Å²) < 4.78 is 10.3. The summed E-state index contributed by atoms with van der Waals surface area (Å²) in [6, 6.07) is 12.2. The van der Waals surface area contributed by atoms with Crippen molar-refractivity contribution < 1.29 is 14.3 Å². The number of ether oxygens (including phenoxy) is 2. The van der Waals surface area contributed by atoms with Crippen LogP contribution in [0.2, 0.25) is 10.0 Å². The van der Waals surface area contributed by atoms with Gasteiger partial charge in [-0.1, -0.05) is 23.2 Å². The van der Waals surface area contributed by atoms with Crippen LogP contribution >= 0.6 is 35.0 Å². The van der Waals surface area contributed by atoms with Crippen molar-refractivity contribution in [3.05, 3.63) is 52.5 Å². The number of rotatable bonds is 5. The Labute approximate surface area is 137 Å². The van der Waals surface area contributed by atoms with Crippen LogP contribution in [0.25, 0.3) is 0 Å². The third-order valence-electron chi connectivity index (χ3n) is 2.53. The Kier molecular flexibility index (Phi) is 5.79. The number of thioether (sulfide) groups is 1. The van der Waals surface area contributed by atoms with Gasteiger partial charge in [0.05, 0.1) is 17.9 Å². The van der Waals surface area contributed by atoms with Crippen LogP contribution in [-0.4, -0.2) is 18.8 Å². The van der Waals surface area contributed by atoms with E-state index in [1.165, 1.54) is 17.8 Å². The molecule has 0 fully saturated rings. The van der Waals surface area contributed by atoms with E-state index in [1.807, 2.05) is 24.3 Å². The summed E-state index contributed by atoms with van der Waals surface area (Å²) in [5.74, 6) is 0.891. The molecule has 6 heteroatoms. The summed E-state index contributed by atoms with van der Waals surface area (Å²) in [4.78, 5) is 12.7. The highest BCUT2D eigenvalue weighted by atomic mass is 35.5. The average Bonchev–Trinajstić information content (AvgIpc) is 2.48. The first-order valence-corrected chi connectivity index (χ1v) is 7.75. The van der Waals surface area contributed by atoms with Crippen molar-refractivity contribution in [1.29, 1.82) is 0 Å². The van der Waals surface area contributed by atoms with E-state index in [0.29, 0.717) is 15.8 Å². The monoisotopic (exact) mass is 342 g/mol. The van der Waals surface area contributed by atoms with E-state index in [-0.39, 0.29) is 11.7 Å². The van der Waals surface area contributed by atoms with E-state index in [4.69, 9.17) is 32.7 Å². The minimum atomic E-state index is -0.375. The molecule has 3 nitrogen and oxygen atoms in total. The average molecular weight is 343 g/mol. The summed E-state index contributed by atoms with van der Waals surface area (Å²) in [6.45, 7) is 0. The van der Waals surface area contributed by atoms with Crippen molar-refractivity contribution in [2.45, 2.75) is 4.90 Å². The second-order valence-electron chi connectivity index (χ2n) is 4.01. The summed E-state index contributed by atoms with van der Waals surface area (Å²) in [7, 11) is 1.61. The maximum Gasteiger partial charge on any atom is 0.321 e. The molecule has 0 amide bonds. The first kappa shape index (κ1) is 16.0. The molecule has 0 aliphatic rings. The lowest BCUT2D eigenvalue weighted by Gasteiger charge is -2.06. The molecule has 0 bridgehead atoms. The van der Waals surface area contributed by atoms with E-state index < -0.39 is 0 Å². The van der Waals surface area contributed by atoms with Crippen molar-refractivity contribution in [1.82, 2.24) is 0 Å². The highest BCUT2D eigenvalue weighted by molar-refractivity contribution is 8.00. The van der Waals surface area contributed by atoms with Crippen LogP contribution in [0.1, 0.15) is 0 Å². The molecule has 110 valence electrons. The largest absolute Gasteiger partial charge is 0.497 e. The normalized spacial score (nSPS) is 10.2. The third kappa shape index (κ3) is 4.84. The Morgan fingerprint density at radius 1 is 1.14 bits per heavy atom. The van der Waals surface area contributed by atoms with Crippen molar-refractivity contribution in [2.75, 3.05) is 12.9 Å². The highest BCUT2D eigenvalue weighted by Crippen LogP contribution is 2.28. The van der Waals surface area contributed by atoms with Crippen molar-refractivity contribution >= 4 is 40.9 Å². The van der Waals surface area contributed by atoms with Crippen LogP contribution < -0.4 is 9.47 Å². The zero-order valence-electron chi connectivity index (χ0n) is 11.1. The predicted molar refractivity (Wildman–Crippen MR) is 85.8 cm³/mol. The second-order valence-corrected chi connectivity index (χ2v) is 5.91. The minimum absolute atomic E-state index is 0.186. The molecule has 0 spiro atoms. The van der Waals surface area contributed by atoms with E-state index >= 15 is 0 Å². The number of carbonyl (C=O) groups excluding carboxylic acids is 1. The molecule has 2 aromatic carbocycles. The van der Waals surface area contributed by atoms with Crippen LogP contribution in [0.15, 0.2) is 47.4 Å². The van der Waals surface area contributed by atoms with Crippen LogP contribution in [0, 0.1) is 0 Å². The Bertz CT molecular complexity index is 629. The summed E-state index contributed by atoms with van der Waals surface area (Å²) in [5, 5.41) is 0.803. The molecule has 0 atom stereocenters. The molecule has 0 heterocycles. The lowest BCUT2D eigenvalue weighted by molar-refractivity contribution is -0.131. The molecule has 0 unspecified atom stereocenters. The van der Waals surface area contributed by atoms with Crippen LogP contribution in [0.4, 0.5) is 0 Å². The third-order valence-corrected chi connectivity index (χ3v) is 4.05. The zero-order chi connectivity index (χ0) is 15.2. The van der Waals surface area contributed by atoms with Crippen molar-refractivity contribution in [3.63, 3.8) is 0 Å². The fourth-order valence-electron chi connectivity index (χ4n) is 1.52. The van der Waals surface area contributed by atoms with Crippen LogP contribution in [0.5, 0.6) is 11.5 Å². The fourth-order valence-corrected chi connectivity index (χ4v) is 2.64. The standard InChI is InChI=1S/C15H12Cl2O3S/c1-19-11-3-5-12(6-4-11)21-9-15(18)20-14-7-2-10(16)8-13(14)17/h2-8H,9H2,1H3. The zero-order valence-corrected chi connectivity index (χ0v) is 13.5. The maximum absolute atomic E-state index is 11.8. The fraction of sp³-hybridized carbons (Fsp3) is 0.133. The molecule has 0 N–H and O–H groups in total. The molecule has 0 aliphatic heterocycles. The first-order chi connectivity index (χ1) is 10.1. The Morgan fingerprint density at radius 2 is 1.86 bits per heavy atom. The van der Waals surface area contributed by atoms with E-state index in [2.05, 4.69) is 0 Å². The van der Waals surface area contributed by atoms with Gasteiger partial charge in [-0.15, -0.1) is 11.8 Å². The quantitative estimate of drug-likeness (QED) is 0.448. The van der Waals surface area contributed by atoms with E-state index in [0.717, 1.165) is 10.6 Å². The Morgan fingerprint density at radius 3 is 2.48 bits per heavy atom. The van der Waals surface area contributed by atoms with Gasteiger partial charge in [-0.25, -0.2) is 0 Å². The van der Waals surface area contributed by atoms with Gasteiger partial charge in [0, 0.05) is 9.92 Å². The van der Waals surface area contributed by atoms with Gasteiger partial charge in [-0.2, -0.15) is 0 Å². The molecule has 2 aromatic rings. The predicted octanol–water partition coefficient (Wildman–Crippen LogP) is 4.70. The van der Waals surface area contributed by atoms with E-state index in [9.17, 15) is 4.79 Å². The van der Waals surface area contributed by atoms with Gasteiger partial charge in [-0.3, -0.25) is 4.79 Å². The number of esters is 1. The molecule has 0 aliphatic carbocycles. The van der Waals surface area contributed by atoms with Gasteiger partial charge in [0.25, 0.3) is 0 Å². The van der Waals surface area contributed by atoms with Gasteiger partial charge in [0.15, 0.2) is 0 Å². The van der Waals surface area contributed by atoms with Crippen LogP contribution in [-0.2, 0) is 4.79 Å². The second kappa shape index (κ2) is 7.59. The van der Waals surface area contributed by atoms with Crippen molar-refractivity contribution in [2.24, 2.45) is 0 Å². The first-order valence-electron chi connectivity index (χ1n) is 6.01. The number of halogens is 2. The number of methoxy groups -OCH3 is 1. The van der Waals surface area contributed by atoms with Gasteiger partial charge in [0.2, 0.25) is 0 Å². The summed E-state index contributed by atoms with van der Waals surface area (Å²) in [6.07, 6.45) is 0. The molecular formula is C15H12Cl2O3S. The smallest absolute Gasteiger partial charge is 0.321 e. The Balaban J connectivity index is 1.89. The number of hydrogen-bond donors (Lipinski definition) is 0. The molecule has 0 radical (unpaired) electrons. The number of carbonyl (C=O) groups is 1. The molecule has 0 saturated heterocycles. The van der Waals surface area contributed by atoms with Gasteiger partial charge < -0.3 is 9.47 Å². The summed E-state index contributed by atoms with van der Waals surface area (Å²) in [5.41, 5.74) is 0. The lowest BCUT2D eigenvalue weighted by atomic mass is 10.3. The molecule has 21 heavy (non-hydrogen) atoms. The van der Waals surface area contributed by atoms with Crippen molar-refractivity contribution in [3.8, 4) is 11.5 Å².